The number of nitrogens with zero attached hydrogens (tertiary/aromatic N) is 2. The van der Waals surface area contributed by atoms with Crippen LogP contribution in [0.4, 0.5) is 11.6 Å². The zero-order valence-corrected chi connectivity index (χ0v) is 20.0. The molecule has 0 saturated carbocycles. The lowest BCUT2D eigenvalue weighted by molar-refractivity contribution is -0.116. The summed E-state index contributed by atoms with van der Waals surface area (Å²) < 4.78 is 59.2. The van der Waals surface area contributed by atoms with E-state index in [2.05, 4.69) is 24.7 Å². The number of anilines is 2. The number of sulfonamides is 2. The number of carbonyl (C=O) groups excluding carboxylic acids is 1. The Kier molecular flexibility index (Phi) is 7.81. The molecule has 0 radical (unpaired) electrons. The molecule has 11 nitrogen and oxygen atoms in total. The van der Waals surface area contributed by atoms with Crippen LogP contribution in [0, 0.1) is 6.92 Å². The minimum Gasteiger partial charge on any atom is -0.497 e. The predicted molar refractivity (Wildman–Crippen MR) is 125 cm³/mol. The first-order chi connectivity index (χ1) is 16.1. The fraction of sp³-hybridized carbons (Fsp3) is 0.190. The number of nitrogens with one attached hydrogen (secondary N) is 3. The first-order valence-electron chi connectivity index (χ1n) is 9.95. The van der Waals surface area contributed by atoms with E-state index in [4.69, 9.17) is 4.74 Å². The van der Waals surface area contributed by atoms with Crippen LogP contribution < -0.4 is 19.5 Å². The highest BCUT2D eigenvalue weighted by molar-refractivity contribution is 7.92. The molecule has 3 N–H and O–H groups in total. The summed E-state index contributed by atoms with van der Waals surface area (Å²) >= 11 is 0. The maximum absolute atomic E-state index is 12.5. The first-order valence-corrected chi connectivity index (χ1v) is 12.9. The molecular weight excluding hydrogens is 482 g/mol. The van der Waals surface area contributed by atoms with Crippen LogP contribution in [0.25, 0.3) is 0 Å². The third-order valence-electron chi connectivity index (χ3n) is 4.48. The standard InChI is InChI=1S/C21H23N5O6S2/c1-15-11-13-22-21(24-15)26-34(30,31)19-7-3-16(4-8-19)25-20(27)12-14-23-33(28,29)18-9-5-17(32-2)6-10-18/h3-11,13,23H,12,14H2,1-2H3,(H,25,27)(H,22,24,26). The lowest BCUT2D eigenvalue weighted by Crippen LogP contribution is -2.27. The molecule has 3 rings (SSSR count). The van der Waals surface area contributed by atoms with Crippen LogP contribution in [0.2, 0.25) is 0 Å². The van der Waals surface area contributed by atoms with Crippen molar-refractivity contribution in [2.24, 2.45) is 0 Å². The summed E-state index contributed by atoms with van der Waals surface area (Å²) in [7, 11) is -6.21. The van der Waals surface area contributed by atoms with Crippen molar-refractivity contribution < 1.29 is 26.4 Å². The lowest BCUT2D eigenvalue weighted by atomic mass is 10.3. The Morgan fingerprint density at radius 1 is 0.912 bits per heavy atom. The van der Waals surface area contributed by atoms with Crippen molar-refractivity contribution in [3.63, 3.8) is 0 Å². The zero-order chi connectivity index (χ0) is 24.8. The van der Waals surface area contributed by atoms with Crippen molar-refractivity contribution >= 4 is 37.6 Å². The van der Waals surface area contributed by atoms with Gasteiger partial charge < -0.3 is 10.1 Å². The van der Waals surface area contributed by atoms with Crippen LogP contribution >= 0.6 is 0 Å². The van der Waals surface area contributed by atoms with Gasteiger partial charge in [0.2, 0.25) is 21.9 Å². The number of hydrogen-bond acceptors (Lipinski definition) is 8. The number of rotatable bonds is 10. The summed E-state index contributed by atoms with van der Waals surface area (Å²) in [5, 5.41) is 2.59. The van der Waals surface area contributed by atoms with E-state index in [1.807, 2.05) is 0 Å². The molecule has 1 heterocycles. The minimum absolute atomic E-state index is 0.0390. The molecular formula is C21H23N5O6S2. The van der Waals surface area contributed by atoms with Gasteiger partial charge in [-0.15, -0.1) is 0 Å². The molecule has 34 heavy (non-hydrogen) atoms. The Morgan fingerprint density at radius 2 is 1.53 bits per heavy atom. The molecule has 0 atom stereocenters. The van der Waals surface area contributed by atoms with Crippen molar-refractivity contribution in [2.75, 3.05) is 23.7 Å². The Labute approximate surface area is 197 Å². The van der Waals surface area contributed by atoms with E-state index in [9.17, 15) is 21.6 Å². The van der Waals surface area contributed by atoms with E-state index in [1.165, 1.54) is 61.8 Å². The molecule has 0 unspecified atom stereocenters. The van der Waals surface area contributed by atoms with E-state index in [1.54, 1.807) is 13.0 Å². The number of carbonyl (C=O) groups is 1. The first kappa shape index (κ1) is 25.1. The molecule has 0 saturated heterocycles. The minimum atomic E-state index is -3.91. The maximum Gasteiger partial charge on any atom is 0.264 e. The average molecular weight is 506 g/mol. The molecule has 0 spiro atoms. The van der Waals surface area contributed by atoms with Gasteiger partial charge in [0.1, 0.15) is 5.75 Å². The molecule has 180 valence electrons. The summed E-state index contributed by atoms with van der Waals surface area (Å²) in [5.41, 5.74) is 0.964. The third-order valence-corrected chi connectivity index (χ3v) is 7.30. The average Bonchev–Trinajstić information content (AvgIpc) is 2.79. The number of benzene rings is 2. The van der Waals surface area contributed by atoms with Crippen molar-refractivity contribution in [3.8, 4) is 5.75 Å². The van der Waals surface area contributed by atoms with Gasteiger partial charge in [-0.3, -0.25) is 4.79 Å². The van der Waals surface area contributed by atoms with Gasteiger partial charge in [0.25, 0.3) is 10.0 Å². The van der Waals surface area contributed by atoms with Crippen molar-refractivity contribution in [2.45, 2.75) is 23.1 Å². The van der Waals surface area contributed by atoms with Crippen LogP contribution in [-0.4, -0.2) is 46.4 Å². The van der Waals surface area contributed by atoms with E-state index >= 15 is 0 Å². The van der Waals surface area contributed by atoms with Gasteiger partial charge >= 0.3 is 0 Å². The van der Waals surface area contributed by atoms with Gasteiger partial charge in [0, 0.05) is 30.5 Å². The number of amides is 1. The lowest BCUT2D eigenvalue weighted by Gasteiger charge is -2.10. The molecule has 0 aliphatic carbocycles. The summed E-state index contributed by atoms with van der Waals surface area (Å²) in [6.45, 7) is 1.59. The van der Waals surface area contributed by atoms with Crippen molar-refractivity contribution in [1.29, 1.82) is 0 Å². The van der Waals surface area contributed by atoms with Crippen LogP contribution in [0.5, 0.6) is 5.75 Å². The number of hydrogen-bond donors (Lipinski definition) is 3. The number of aromatic nitrogens is 2. The number of aryl methyl sites for hydroxylation is 1. The molecule has 0 bridgehead atoms. The molecule has 1 amide bonds. The van der Waals surface area contributed by atoms with Gasteiger partial charge in [-0.25, -0.2) is 36.2 Å². The van der Waals surface area contributed by atoms with Crippen LogP contribution in [-0.2, 0) is 24.8 Å². The summed E-state index contributed by atoms with van der Waals surface area (Å²) in [5.74, 6) is 0.0326. The summed E-state index contributed by atoms with van der Waals surface area (Å²) in [4.78, 5) is 20.0. The monoisotopic (exact) mass is 505 g/mol. The van der Waals surface area contributed by atoms with Crippen LogP contribution in [0.3, 0.4) is 0 Å². The molecule has 1 aromatic heterocycles. The van der Waals surface area contributed by atoms with Crippen LogP contribution in [0.1, 0.15) is 12.1 Å². The van der Waals surface area contributed by atoms with Crippen molar-refractivity contribution in [1.82, 2.24) is 14.7 Å². The van der Waals surface area contributed by atoms with E-state index in [0.29, 0.717) is 17.1 Å². The highest BCUT2D eigenvalue weighted by Gasteiger charge is 2.17. The van der Waals surface area contributed by atoms with Gasteiger partial charge in [-0.05, 0) is 61.5 Å². The third kappa shape index (κ3) is 6.73. The molecule has 13 heteroatoms. The quantitative estimate of drug-likeness (QED) is 0.377. The Balaban J connectivity index is 1.53. The van der Waals surface area contributed by atoms with E-state index in [0.717, 1.165) is 0 Å². The normalized spacial score (nSPS) is 11.6. The van der Waals surface area contributed by atoms with Gasteiger partial charge in [0.05, 0.1) is 16.9 Å². The SMILES string of the molecule is COc1ccc(S(=O)(=O)NCCC(=O)Nc2ccc(S(=O)(=O)Nc3nccc(C)n3)cc2)cc1. The van der Waals surface area contributed by atoms with Gasteiger partial charge in [-0.2, -0.15) is 0 Å². The summed E-state index contributed by atoms with van der Waals surface area (Å²) in [6, 6.07) is 13.0. The highest BCUT2D eigenvalue weighted by Crippen LogP contribution is 2.17. The zero-order valence-electron chi connectivity index (χ0n) is 18.3. The smallest absolute Gasteiger partial charge is 0.264 e. The van der Waals surface area contributed by atoms with Gasteiger partial charge in [0.15, 0.2) is 0 Å². The van der Waals surface area contributed by atoms with Gasteiger partial charge in [-0.1, -0.05) is 0 Å². The molecule has 0 aliphatic heterocycles. The molecule has 3 aromatic rings. The predicted octanol–water partition coefficient (Wildman–Crippen LogP) is 1.90. The fourth-order valence-corrected chi connectivity index (χ4v) is 4.74. The Hall–Kier alpha value is -3.55. The number of methoxy groups -OCH3 is 1. The summed E-state index contributed by atoms with van der Waals surface area (Å²) in [6.07, 6.45) is 1.32. The molecule has 0 aliphatic rings. The van der Waals surface area contributed by atoms with Crippen molar-refractivity contribution in [3.05, 3.63) is 66.5 Å². The second-order valence-corrected chi connectivity index (χ2v) is 10.5. The molecule has 0 fully saturated rings. The van der Waals surface area contributed by atoms with E-state index < -0.39 is 26.0 Å². The highest BCUT2D eigenvalue weighted by atomic mass is 32.2. The second kappa shape index (κ2) is 10.6. The van der Waals surface area contributed by atoms with Crippen LogP contribution in [0.15, 0.2) is 70.6 Å². The Morgan fingerprint density at radius 3 is 2.15 bits per heavy atom. The topological polar surface area (TPSA) is 156 Å². The van der Waals surface area contributed by atoms with E-state index in [-0.39, 0.29) is 28.7 Å². The maximum atomic E-state index is 12.5. The molecule has 2 aromatic carbocycles. The fourth-order valence-electron chi connectivity index (χ4n) is 2.76. The second-order valence-electron chi connectivity index (χ2n) is 7.02. The Bertz CT molecular complexity index is 1360. The number of ether oxygens (including phenoxy) is 1. The largest absolute Gasteiger partial charge is 0.497 e.